The summed E-state index contributed by atoms with van der Waals surface area (Å²) in [5.41, 5.74) is 0.0193. The van der Waals surface area contributed by atoms with Crippen molar-refractivity contribution in [3.63, 3.8) is 0 Å². The molecule has 0 aromatic carbocycles. The van der Waals surface area contributed by atoms with E-state index in [9.17, 15) is 9.59 Å². The minimum Gasteiger partial charge on any atom is -0.444 e. The van der Waals surface area contributed by atoms with Gasteiger partial charge in [-0.2, -0.15) is 0 Å². The Morgan fingerprint density at radius 1 is 1.29 bits per heavy atom. The van der Waals surface area contributed by atoms with Gasteiger partial charge in [-0.3, -0.25) is 4.79 Å². The lowest BCUT2D eigenvalue weighted by atomic mass is 10.0. The minimum absolute atomic E-state index is 0.0745. The molecule has 2 heterocycles. The molecule has 1 fully saturated rings. The lowest BCUT2D eigenvalue weighted by Crippen LogP contribution is -2.50. The Kier molecular flexibility index (Phi) is 6.25. The smallest absolute Gasteiger partial charge is 0.407 e. The number of carbonyl (C=O) groups excluding carboxylic acids is 2. The summed E-state index contributed by atoms with van der Waals surface area (Å²) in [6, 6.07) is 3.28. The molecule has 0 saturated carbocycles. The molecule has 1 aliphatic rings. The first-order valence-corrected chi connectivity index (χ1v) is 9.34. The molecule has 6 nitrogen and oxygen atoms in total. The van der Waals surface area contributed by atoms with Crippen LogP contribution >= 0.6 is 31.9 Å². The maximum atomic E-state index is 12.7. The number of ether oxygens (including phenoxy) is 1. The van der Waals surface area contributed by atoms with Crippen molar-refractivity contribution < 1.29 is 14.3 Å². The Hall–Kier alpha value is -1.15. The summed E-state index contributed by atoms with van der Waals surface area (Å²) in [6.07, 6.45) is 1.21. The summed E-state index contributed by atoms with van der Waals surface area (Å²) in [5, 5.41) is 2.85. The second-order valence-corrected chi connectivity index (χ2v) is 8.36. The van der Waals surface area contributed by atoms with Crippen molar-refractivity contribution >= 4 is 43.9 Å². The molecule has 1 aromatic rings. The van der Waals surface area contributed by atoms with Crippen molar-refractivity contribution in [3.8, 4) is 0 Å². The van der Waals surface area contributed by atoms with Crippen molar-refractivity contribution in [2.75, 3.05) is 13.1 Å². The van der Waals surface area contributed by atoms with Gasteiger partial charge < -0.3 is 15.0 Å². The Balaban J connectivity index is 1.99. The van der Waals surface area contributed by atoms with Gasteiger partial charge in [0.1, 0.15) is 14.8 Å². The molecule has 0 bridgehead atoms. The number of nitrogens with zero attached hydrogens (tertiary/aromatic N) is 2. The van der Waals surface area contributed by atoms with Gasteiger partial charge >= 0.3 is 6.09 Å². The topological polar surface area (TPSA) is 71.5 Å². The van der Waals surface area contributed by atoms with E-state index in [1.807, 2.05) is 20.8 Å². The molecule has 24 heavy (non-hydrogen) atoms. The summed E-state index contributed by atoms with van der Waals surface area (Å²) < 4.78 is 6.47. The van der Waals surface area contributed by atoms with E-state index >= 15 is 0 Å². The highest BCUT2D eigenvalue weighted by atomic mass is 79.9. The van der Waals surface area contributed by atoms with E-state index in [2.05, 4.69) is 42.2 Å². The number of alkyl carbamates (subject to hydrolysis) is 1. The minimum atomic E-state index is -0.538. The van der Waals surface area contributed by atoms with Crippen LogP contribution < -0.4 is 5.32 Å². The van der Waals surface area contributed by atoms with Crippen molar-refractivity contribution in [1.82, 2.24) is 15.2 Å². The molecule has 8 heteroatoms. The highest BCUT2D eigenvalue weighted by Crippen LogP contribution is 2.20. The Bertz CT molecular complexity index is 611. The Labute approximate surface area is 158 Å². The van der Waals surface area contributed by atoms with E-state index in [4.69, 9.17) is 4.74 Å². The van der Waals surface area contributed by atoms with Crippen LogP contribution in [0.3, 0.4) is 0 Å². The largest absolute Gasteiger partial charge is 0.444 e. The third-order valence-electron chi connectivity index (χ3n) is 3.44. The highest BCUT2D eigenvalue weighted by molar-refractivity contribution is 9.11. The highest BCUT2D eigenvalue weighted by Gasteiger charge is 2.27. The number of nitrogens with one attached hydrogen (secondary N) is 1. The van der Waals surface area contributed by atoms with Crippen molar-refractivity contribution in [2.24, 2.45) is 0 Å². The van der Waals surface area contributed by atoms with Crippen LogP contribution in [0.5, 0.6) is 0 Å². The second-order valence-electron chi connectivity index (χ2n) is 6.74. The quantitative estimate of drug-likeness (QED) is 0.679. The number of hydrogen-bond donors (Lipinski definition) is 1. The van der Waals surface area contributed by atoms with Crippen molar-refractivity contribution in [2.45, 2.75) is 45.3 Å². The van der Waals surface area contributed by atoms with Gasteiger partial charge in [-0.1, -0.05) is 0 Å². The second kappa shape index (κ2) is 7.82. The maximum absolute atomic E-state index is 12.7. The number of aromatic nitrogens is 1. The van der Waals surface area contributed by atoms with E-state index in [1.165, 1.54) is 0 Å². The molecule has 0 radical (unpaired) electrons. The van der Waals surface area contributed by atoms with E-state index in [0.717, 1.165) is 12.8 Å². The van der Waals surface area contributed by atoms with Crippen LogP contribution in [0.25, 0.3) is 0 Å². The molecule has 1 saturated heterocycles. The molecule has 1 atom stereocenters. The number of amides is 2. The van der Waals surface area contributed by atoms with Gasteiger partial charge in [0, 0.05) is 24.7 Å². The third-order valence-corrected chi connectivity index (χ3v) is 4.25. The predicted molar refractivity (Wildman–Crippen MR) is 97.9 cm³/mol. The Morgan fingerprint density at radius 3 is 2.50 bits per heavy atom. The van der Waals surface area contributed by atoms with Gasteiger partial charge in [0.25, 0.3) is 5.91 Å². The lowest BCUT2D eigenvalue weighted by molar-refractivity contribution is 0.0452. The molecular weight excluding hydrogens is 442 g/mol. The van der Waals surface area contributed by atoms with E-state index in [-0.39, 0.29) is 11.9 Å². The normalized spacial score (nSPS) is 18.2. The van der Waals surface area contributed by atoms with Gasteiger partial charge in [-0.15, -0.1) is 0 Å². The third kappa shape index (κ3) is 5.73. The van der Waals surface area contributed by atoms with Gasteiger partial charge in [0.05, 0.1) is 0 Å². The standard InChI is InChI=1S/C16H21Br2N3O3/c1-16(2,3)24-15(23)19-11-5-4-6-21(9-11)14(22)10-7-12(17)20-13(18)8-10/h7-8,11H,4-6,9H2,1-3H3,(H,19,23). The molecule has 0 spiro atoms. The number of likely N-dealkylation sites (tertiary alicyclic amines) is 1. The SMILES string of the molecule is CC(C)(C)OC(=O)NC1CCCN(C(=O)c2cc(Br)nc(Br)c2)C1. The summed E-state index contributed by atoms with van der Waals surface area (Å²) in [5.74, 6) is -0.0745. The summed E-state index contributed by atoms with van der Waals surface area (Å²) >= 11 is 6.58. The molecule has 2 amide bonds. The number of rotatable bonds is 2. The first-order valence-electron chi connectivity index (χ1n) is 7.76. The average Bonchev–Trinajstić information content (AvgIpc) is 2.43. The zero-order chi connectivity index (χ0) is 17.9. The molecule has 0 aliphatic carbocycles. The molecule has 1 unspecified atom stereocenters. The van der Waals surface area contributed by atoms with E-state index in [0.29, 0.717) is 27.9 Å². The molecule has 1 aromatic heterocycles. The van der Waals surface area contributed by atoms with Crippen molar-refractivity contribution in [3.05, 3.63) is 26.9 Å². The van der Waals surface area contributed by atoms with Crippen LogP contribution in [-0.4, -0.2) is 46.6 Å². The zero-order valence-electron chi connectivity index (χ0n) is 13.9. The van der Waals surface area contributed by atoms with Gasteiger partial charge in [0.2, 0.25) is 0 Å². The monoisotopic (exact) mass is 461 g/mol. The fourth-order valence-corrected chi connectivity index (χ4v) is 3.64. The first-order chi connectivity index (χ1) is 11.1. The summed E-state index contributed by atoms with van der Waals surface area (Å²) in [4.78, 5) is 30.5. The fraction of sp³-hybridized carbons (Fsp3) is 0.562. The maximum Gasteiger partial charge on any atom is 0.407 e. The average molecular weight is 463 g/mol. The number of piperidine rings is 1. The number of halogens is 2. The predicted octanol–water partition coefficient (Wildman–Crippen LogP) is 3.74. The summed E-state index contributed by atoms with van der Waals surface area (Å²) in [7, 11) is 0. The molecule has 132 valence electrons. The van der Waals surface area contributed by atoms with Crippen LogP contribution in [0.15, 0.2) is 21.3 Å². The molecule has 1 aliphatic heterocycles. The fourth-order valence-electron chi connectivity index (χ4n) is 2.52. The van der Waals surface area contributed by atoms with Gasteiger partial charge in [-0.25, -0.2) is 9.78 Å². The van der Waals surface area contributed by atoms with E-state index in [1.54, 1.807) is 17.0 Å². The zero-order valence-corrected chi connectivity index (χ0v) is 17.1. The van der Waals surface area contributed by atoms with Gasteiger partial charge in [-0.05, 0) is 77.6 Å². The molecular formula is C16H21Br2N3O3. The lowest BCUT2D eigenvalue weighted by Gasteiger charge is -2.33. The van der Waals surface area contributed by atoms with Crippen LogP contribution in [0.1, 0.15) is 44.0 Å². The molecule has 2 rings (SSSR count). The summed E-state index contributed by atoms with van der Waals surface area (Å²) in [6.45, 7) is 6.60. The van der Waals surface area contributed by atoms with E-state index < -0.39 is 11.7 Å². The van der Waals surface area contributed by atoms with Crippen LogP contribution in [0, 0.1) is 0 Å². The van der Waals surface area contributed by atoms with Crippen molar-refractivity contribution in [1.29, 1.82) is 0 Å². The van der Waals surface area contributed by atoms with Gasteiger partial charge in [0.15, 0.2) is 0 Å². The molecule has 1 N–H and O–H groups in total. The number of carbonyl (C=O) groups is 2. The number of hydrogen-bond acceptors (Lipinski definition) is 4. The van der Waals surface area contributed by atoms with Crippen LogP contribution in [0.4, 0.5) is 4.79 Å². The Morgan fingerprint density at radius 2 is 1.92 bits per heavy atom. The van der Waals surface area contributed by atoms with Crippen LogP contribution in [-0.2, 0) is 4.74 Å². The number of pyridine rings is 1. The van der Waals surface area contributed by atoms with Crippen LogP contribution in [0.2, 0.25) is 0 Å². The first kappa shape index (κ1) is 19.2.